The lowest BCUT2D eigenvalue weighted by Crippen LogP contribution is -2.44. The summed E-state index contributed by atoms with van der Waals surface area (Å²) in [5.41, 5.74) is 1.95. The molecule has 0 aromatic heterocycles. The molecule has 0 saturated heterocycles. The number of carboxylic acid groups (broad SMARTS) is 1. The quantitative estimate of drug-likeness (QED) is 0.170. The molecule has 0 bridgehead atoms. The average molecular weight is 459 g/mol. The molecular formula is C19H26INO4. The van der Waals surface area contributed by atoms with Crippen LogP contribution in [0.25, 0.3) is 0 Å². The summed E-state index contributed by atoms with van der Waals surface area (Å²) in [5.74, 6) is -1.50. The smallest absolute Gasteiger partial charge is 0.323 e. The van der Waals surface area contributed by atoms with Crippen molar-refractivity contribution in [3.05, 3.63) is 48.0 Å². The number of nitrogens with zero attached hydrogens (tertiary/aromatic N) is 1. The minimum atomic E-state index is -1.02. The summed E-state index contributed by atoms with van der Waals surface area (Å²) in [6, 6.07) is 8.86. The Morgan fingerprint density at radius 2 is 2.00 bits per heavy atom. The fourth-order valence-electron chi connectivity index (χ4n) is 2.36. The van der Waals surface area contributed by atoms with Crippen molar-refractivity contribution in [2.45, 2.75) is 38.8 Å². The molecule has 0 saturated carbocycles. The van der Waals surface area contributed by atoms with Crippen LogP contribution in [0, 0.1) is 0 Å². The zero-order chi connectivity index (χ0) is 18.7. The van der Waals surface area contributed by atoms with Gasteiger partial charge in [-0.25, -0.2) is 0 Å². The van der Waals surface area contributed by atoms with Gasteiger partial charge in [-0.15, -0.1) is 0 Å². The average Bonchev–Trinajstić information content (AvgIpc) is 2.59. The number of carbonyl (C=O) groups is 2. The minimum absolute atomic E-state index is 0.285. The van der Waals surface area contributed by atoms with Gasteiger partial charge >= 0.3 is 11.9 Å². The molecule has 1 aromatic carbocycles. The molecule has 1 atom stereocenters. The van der Waals surface area contributed by atoms with Crippen LogP contribution in [-0.4, -0.2) is 45.6 Å². The second kappa shape index (κ2) is 12.0. The second-order valence-corrected chi connectivity index (χ2v) is 6.67. The van der Waals surface area contributed by atoms with Crippen molar-refractivity contribution in [2.75, 3.05) is 17.6 Å². The monoisotopic (exact) mass is 459 g/mol. The van der Waals surface area contributed by atoms with E-state index in [-0.39, 0.29) is 6.42 Å². The molecule has 25 heavy (non-hydrogen) atoms. The number of benzene rings is 1. The zero-order valence-corrected chi connectivity index (χ0v) is 16.8. The van der Waals surface area contributed by atoms with E-state index in [0.29, 0.717) is 19.7 Å². The predicted octanol–water partition coefficient (Wildman–Crippen LogP) is 3.67. The lowest BCUT2D eigenvalue weighted by molar-refractivity contribution is -0.155. The van der Waals surface area contributed by atoms with Crippen LogP contribution < -0.4 is 0 Å². The summed E-state index contributed by atoms with van der Waals surface area (Å²) < 4.78 is 6.05. The molecule has 0 radical (unpaired) electrons. The first kappa shape index (κ1) is 21.6. The highest BCUT2D eigenvalue weighted by atomic mass is 127. The third-order valence-corrected chi connectivity index (χ3v) is 4.75. The number of ether oxygens (including phenoxy) is 1. The van der Waals surface area contributed by atoms with Gasteiger partial charge in [-0.1, -0.05) is 78.4 Å². The molecule has 0 fully saturated rings. The number of halogens is 1. The number of hydrogen-bond acceptors (Lipinski definition) is 4. The normalized spacial score (nSPS) is 12.0. The summed E-state index contributed by atoms with van der Waals surface area (Å²) in [6.07, 6.45) is 1.40. The van der Waals surface area contributed by atoms with E-state index in [9.17, 15) is 14.7 Å². The number of carbonyl (C=O) groups excluding carboxylic acids is 1. The van der Waals surface area contributed by atoms with E-state index in [1.165, 1.54) is 0 Å². The van der Waals surface area contributed by atoms with Gasteiger partial charge in [0.1, 0.15) is 6.04 Å². The van der Waals surface area contributed by atoms with E-state index in [1.54, 1.807) is 0 Å². The third kappa shape index (κ3) is 8.49. The van der Waals surface area contributed by atoms with Crippen molar-refractivity contribution in [2.24, 2.45) is 0 Å². The van der Waals surface area contributed by atoms with E-state index in [4.69, 9.17) is 4.74 Å². The SMILES string of the molecule is C=C(CI)CN(Cc1ccccc1)[C@@H](CC(=O)O)C(=O)OCCCC. The Labute approximate surface area is 163 Å². The maximum atomic E-state index is 12.5. The van der Waals surface area contributed by atoms with Crippen LogP contribution in [0.5, 0.6) is 0 Å². The van der Waals surface area contributed by atoms with E-state index in [0.717, 1.165) is 28.4 Å². The van der Waals surface area contributed by atoms with Crippen LogP contribution in [0.1, 0.15) is 31.7 Å². The largest absolute Gasteiger partial charge is 0.481 e. The van der Waals surface area contributed by atoms with Gasteiger partial charge in [-0.3, -0.25) is 14.5 Å². The van der Waals surface area contributed by atoms with Gasteiger partial charge in [0.2, 0.25) is 0 Å². The molecule has 0 spiro atoms. The Morgan fingerprint density at radius 1 is 1.32 bits per heavy atom. The van der Waals surface area contributed by atoms with E-state index < -0.39 is 18.0 Å². The highest BCUT2D eigenvalue weighted by molar-refractivity contribution is 14.1. The molecular weight excluding hydrogens is 433 g/mol. The molecule has 0 aliphatic rings. The lowest BCUT2D eigenvalue weighted by Gasteiger charge is -2.30. The third-order valence-electron chi connectivity index (χ3n) is 3.67. The van der Waals surface area contributed by atoms with Gasteiger partial charge in [0.05, 0.1) is 13.0 Å². The highest BCUT2D eigenvalue weighted by Crippen LogP contribution is 2.16. The maximum Gasteiger partial charge on any atom is 0.323 e. The number of carboxylic acids is 1. The lowest BCUT2D eigenvalue weighted by atomic mass is 10.1. The molecule has 0 aliphatic carbocycles. The Hall–Kier alpha value is -1.41. The van der Waals surface area contributed by atoms with Crippen LogP contribution in [0.3, 0.4) is 0 Å². The molecule has 138 valence electrons. The van der Waals surface area contributed by atoms with Gasteiger partial charge in [-0.2, -0.15) is 0 Å². The van der Waals surface area contributed by atoms with Crippen molar-refractivity contribution in [1.29, 1.82) is 0 Å². The molecule has 6 heteroatoms. The topological polar surface area (TPSA) is 66.8 Å². The Kier molecular flexibility index (Phi) is 10.4. The van der Waals surface area contributed by atoms with E-state index in [2.05, 4.69) is 29.2 Å². The fourth-order valence-corrected chi connectivity index (χ4v) is 2.61. The van der Waals surface area contributed by atoms with Gasteiger partial charge in [0, 0.05) is 17.5 Å². The fraction of sp³-hybridized carbons (Fsp3) is 0.474. The van der Waals surface area contributed by atoms with Crippen molar-refractivity contribution >= 4 is 34.5 Å². The van der Waals surface area contributed by atoms with E-state index in [1.807, 2.05) is 42.2 Å². The Balaban J connectivity index is 2.97. The van der Waals surface area contributed by atoms with Crippen LogP contribution in [0.15, 0.2) is 42.5 Å². The summed E-state index contributed by atoms with van der Waals surface area (Å²) >= 11 is 2.21. The van der Waals surface area contributed by atoms with E-state index >= 15 is 0 Å². The van der Waals surface area contributed by atoms with Crippen molar-refractivity contribution in [1.82, 2.24) is 4.90 Å². The van der Waals surface area contributed by atoms with Crippen LogP contribution in [0.4, 0.5) is 0 Å². The van der Waals surface area contributed by atoms with Crippen LogP contribution >= 0.6 is 22.6 Å². The summed E-state index contributed by atoms with van der Waals surface area (Å²) in [5, 5.41) is 9.25. The first-order valence-corrected chi connectivity index (χ1v) is 9.89. The Morgan fingerprint density at radius 3 is 2.56 bits per heavy atom. The minimum Gasteiger partial charge on any atom is -0.481 e. The molecule has 0 unspecified atom stereocenters. The molecule has 1 aromatic rings. The number of esters is 1. The molecule has 0 amide bonds. The molecule has 5 nitrogen and oxygen atoms in total. The number of hydrogen-bond donors (Lipinski definition) is 1. The molecule has 0 aliphatic heterocycles. The van der Waals surface area contributed by atoms with Crippen molar-refractivity contribution in [3.63, 3.8) is 0 Å². The summed E-state index contributed by atoms with van der Waals surface area (Å²) in [7, 11) is 0. The molecule has 1 N–H and O–H groups in total. The second-order valence-electron chi connectivity index (χ2n) is 5.91. The Bertz CT molecular complexity index is 562. The van der Waals surface area contributed by atoms with Crippen LogP contribution in [-0.2, 0) is 20.9 Å². The first-order chi connectivity index (χ1) is 12.0. The van der Waals surface area contributed by atoms with Crippen LogP contribution in [0.2, 0.25) is 0 Å². The van der Waals surface area contributed by atoms with Gasteiger partial charge in [-0.05, 0) is 12.0 Å². The summed E-state index contributed by atoms with van der Waals surface area (Å²) in [6.45, 7) is 7.25. The van der Waals surface area contributed by atoms with Gasteiger partial charge < -0.3 is 9.84 Å². The number of rotatable bonds is 12. The summed E-state index contributed by atoms with van der Waals surface area (Å²) in [4.78, 5) is 25.6. The van der Waals surface area contributed by atoms with Crippen molar-refractivity contribution < 1.29 is 19.4 Å². The van der Waals surface area contributed by atoms with Gasteiger partial charge in [0.15, 0.2) is 0 Å². The highest BCUT2D eigenvalue weighted by Gasteiger charge is 2.30. The number of unbranched alkanes of at least 4 members (excludes halogenated alkanes) is 1. The zero-order valence-electron chi connectivity index (χ0n) is 14.6. The maximum absolute atomic E-state index is 12.5. The number of aliphatic carboxylic acids is 1. The predicted molar refractivity (Wildman–Crippen MR) is 107 cm³/mol. The molecule has 1 rings (SSSR count). The van der Waals surface area contributed by atoms with Gasteiger partial charge in [0.25, 0.3) is 0 Å². The first-order valence-electron chi connectivity index (χ1n) is 8.37. The number of alkyl halides is 1. The standard InChI is InChI=1S/C19H26INO4/c1-3-4-10-25-19(24)17(11-18(22)23)21(13-15(2)12-20)14-16-8-6-5-7-9-16/h5-9,17H,2-4,10-14H2,1H3,(H,22,23)/t17-/m0/s1. The molecule has 0 heterocycles. The van der Waals surface area contributed by atoms with Crippen molar-refractivity contribution in [3.8, 4) is 0 Å².